The number of benzene rings is 2. The number of urea groups is 1. The lowest BCUT2D eigenvalue weighted by Gasteiger charge is -2.36. The summed E-state index contributed by atoms with van der Waals surface area (Å²) in [5.74, 6) is 0.888. The van der Waals surface area contributed by atoms with Crippen molar-refractivity contribution < 1.29 is 9.53 Å². The summed E-state index contributed by atoms with van der Waals surface area (Å²) in [7, 11) is 1.69. The largest absolute Gasteiger partial charge is 0.497 e. The average Bonchev–Trinajstić information content (AvgIpc) is 3.15. The Morgan fingerprint density at radius 1 is 1.07 bits per heavy atom. The Morgan fingerprint density at radius 3 is 2.53 bits per heavy atom. The zero-order valence-corrected chi connectivity index (χ0v) is 18.1. The summed E-state index contributed by atoms with van der Waals surface area (Å²) in [6.07, 6.45) is 0.965. The van der Waals surface area contributed by atoms with Gasteiger partial charge >= 0.3 is 6.03 Å². The molecule has 160 valence electrons. The van der Waals surface area contributed by atoms with Gasteiger partial charge in [-0.2, -0.15) is 0 Å². The number of nitrogens with zero attached hydrogens (tertiary/aromatic N) is 3. The zero-order chi connectivity index (χ0) is 20.9. The molecule has 1 unspecified atom stereocenters. The van der Waals surface area contributed by atoms with Gasteiger partial charge in [0.2, 0.25) is 0 Å². The Labute approximate surface area is 183 Å². The molecule has 0 spiro atoms. The van der Waals surface area contributed by atoms with Crippen LogP contribution in [0.2, 0.25) is 5.02 Å². The molecule has 1 N–H and O–H groups in total. The van der Waals surface area contributed by atoms with Crippen LogP contribution in [0.15, 0.2) is 48.5 Å². The number of carbonyl (C=O) groups is 1. The van der Waals surface area contributed by atoms with Crippen molar-refractivity contribution in [3.8, 4) is 5.75 Å². The maximum atomic E-state index is 12.3. The molecule has 2 saturated heterocycles. The molecule has 2 aromatic carbocycles. The van der Waals surface area contributed by atoms with Crippen LogP contribution in [0.3, 0.4) is 0 Å². The van der Waals surface area contributed by atoms with Crippen LogP contribution < -0.4 is 15.0 Å². The summed E-state index contributed by atoms with van der Waals surface area (Å²) in [6, 6.07) is 16.2. The number of nitrogens with one attached hydrogen (secondary N) is 1. The van der Waals surface area contributed by atoms with Gasteiger partial charge in [-0.1, -0.05) is 23.7 Å². The molecule has 0 aliphatic carbocycles. The number of ether oxygens (including phenoxy) is 1. The minimum atomic E-state index is 0.0179. The van der Waals surface area contributed by atoms with E-state index in [1.165, 1.54) is 5.69 Å². The topological polar surface area (TPSA) is 48.1 Å². The maximum absolute atomic E-state index is 12.3. The minimum absolute atomic E-state index is 0.0179. The standard InChI is InChI=1S/C23H29ClN4O2/c1-30-21-8-6-20(7-9-21)27-14-12-26(13-15-27)10-3-11-28-22(17-25-23(28)29)18-4-2-5-19(24)16-18/h2,4-9,16,22H,3,10-15,17H2,1H3,(H,25,29). The maximum Gasteiger partial charge on any atom is 0.318 e. The van der Waals surface area contributed by atoms with Gasteiger partial charge in [0, 0.05) is 50.0 Å². The van der Waals surface area contributed by atoms with Crippen molar-refractivity contribution >= 4 is 23.3 Å². The van der Waals surface area contributed by atoms with Gasteiger partial charge in [0.1, 0.15) is 5.75 Å². The zero-order valence-electron chi connectivity index (χ0n) is 17.4. The number of hydrogen-bond acceptors (Lipinski definition) is 4. The van der Waals surface area contributed by atoms with Crippen LogP contribution in [-0.4, -0.2) is 68.8 Å². The van der Waals surface area contributed by atoms with Crippen LogP contribution in [-0.2, 0) is 0 Å². The first-order valence-corrected chi connectivity index (χ1v) is 10.9. The number of carbonyl (C=O) groups excluding carboxylic acids is 1. The first-order valence-electron chi connectivity index (χ1n) is 10.6. The van der Waals surface area contributed by atoms with E-state index in [0.717, 1.165) is 57.0 Å². The van der Waals surface area contributed by atoms with Crippen LogP contribution in [0, 0.1) is 0 Å². The van der Waals surface area contributed by atoms with Crippen LogP contribution in [0.25, 0.3) is 0 Å². The van der Waals surface area contributed by atoms with Crippen LogP contribution in [0.4, 0.5) is 10.5 Å². The van der Waals surface area contributed by atoms with E-state index < -0.39 is 0 Å². The summed E-state index contributed by atoms with van der Waals surface area (Å²) < 4.78 is 5.24. The molecular weight excluding hydrogens is 400 g/mol. The Bertz CT molecular complexity index is 853. The molecule has 2 fully saturated rings. The highest BCUT2D eigenvalue weighted by Gasteiger charge is 2.31. The molecule has 2 heterocycles. The van der Waals surface area contributed by atoms with Crippen molar-refractivity contribution in [1.82, 2.24) is 15.1 Å². The monoisotopic (exact) mass is 428 g/mol. The predicted molar refractivity (Wildman–Crippen MR) is 121 cm³/mol. The summed E-state index contributed by atoms with van der Waals surface area (Å²) in [4.78, 5) is 19.2. The molecule has 0 bridgehead atoms. The van der Waals surface area contributed by atoms with Gasteiger partial charge in [0.15, 0.2) is 0 Å². The van der Waals surface area contributed by atoms with Gasteiger partial charge in [0.25, 0.3) is 0 Å². The molecular formula is C23H29ClN4O2. The number of hydrogen-bond donors (Lipinski definition) is 1. The molecule has 1 atom stereocenters. The number of methoxy groups -OCH3 is 1. The number of piperazine rings is 1. The lowest BCUT2D eigenvalue weighted by atomic mass is 10.1. The Balaban J connectivity index is 1.25. The minimum Gasteiger partial charge on any atom is -0.497 e. The molecule has 0 aromatic heterocycles. The van der Waals surface area contributed by atoms with Crippen molar-refractivity contribution in [1.29, 1.82) is 0 Å². The Morgan fingerprint density at radius 2 is 1.83 bits per heavy atom. The van der Waals surface area contributed by atoms with Crippen molar-refractivity contribution in [2.75, 3.05) is 57.8 Å². The highest BCUT2D eigenvalue weighted by Crippen LogP contribution is 2.27. The van der Waals surface area contributed by atoms with E-state index in [2.05, 4.69) is 27.2 Å². The van der Waals surface area contributed by atoms with E-state index in [1.54, 1.807) is 7.11 Å². The second-order valence-corrected chi connectivity index (χ2v) is 8.27. The van der Waals surface area contributed by atoms with Gasteiger partial charge in [-0.3, -0.25) is 4.90 Å². The van der Waals surface area contributed by atoms with Crippen molar-refractivity contribution in [2.45, 2.75) is 12.5 Å². The normalized spacial score (nSPS) is 19.8. The van der Waals surface area contributed by atoms with E-state index in [1.807, 2.05) is 41.3 Å². The van der Waals surface area contributed by atoms with Crippen LogP contribution in [0.5, 0.6) is 5.75 Å². The molecule has 30 heavy (non-hydrogen) atoms. The molecule has 4 rings (SSSR count). The van der Waals surface area contributed by atoms with Gasteiger partial charge in [0.05, 0.1) is 13.2 Å². The summed E-state index contributed by atoms with van der Waals surface area (Å²) in [5.41, 5.74) is 2.34. The number of rotatable bonds is 7. The van der Waals surface area contributed by atoms with E-state index in [-0.39, 0.29) is 12.1 Å². The Kier molecular flexibility index (Phi) is 6.65. The number of amides is 2. The molecule has 0 radical (unpaired) electrons. The number of anilines is 1. The molecule has 0 saturated carbocycles. The SMILES string of the molecule is COc1ccc(N2CCN(CCCN3C(=O)NCC3c3cccc(Cl)c3)CC2)cc1. The van der Waals surface area contributed by atoms with E-state index >= 15 is 0 Å². The van der Waals surface area contributed by atoms with Crippen molar-refractivity contribution in [3.63, 3.8) is 0 Å². The van der Waals surface area contributed by atoms with Gasteiger partial charge in [-0.25, -0.2) is 4.79 Å². The molecule has 2 aromatic rings. The Hall–Kier alpha value is -2.44. The lowest BCUT2D eigenvalue weighted by Crippen LogP contribution is -2.47. The second-order valence-electron chi connectivity index (χ2n) is 7.83. The third-order valence-corrected chi connectivity index (χ3v) is 6.24. The lowest BCUT2D eigenvalue weighted by molar-refractivity contribution is 0.193. The summed E-state index contributed by atoms with van der Waals surface area (Å²) >= 11 is 6.14. The van der Waals surface area contributed by atoms with Crippen LogP contribution in [0.1, 0.15) is 18.0 Å². The van der Waals surface area contributed by atoms with Gasteiger partial charge in [-0.05, 0) is 54.9 Å². The fourth-order valence-electron chi connectivity index (χ4n) is 4.29. The fourth-order valence-corrected chi connectivity index (χ4v) is 4.49. The highest BCUT2D eigenvalue weighted by molar-refractivity contribution is 6.30. The highest BCUT2D eigenvalue weighted by atomic mass is 35.5. The van der Waals surface area contributed by atoms with E-state index in [4.69, 9.17) is 16.3 Å². The molecule has 6 nitrogen and oxygen atoms in total. The van der Waals surface area contributed by atoms with E-state index in [9.17, 15) is 4.79 Å². The molecule has 7 heteroatoms. The molecule has 2 aliphatic heterocycles. The van der Waals surface area contributed by atoms with Gasteiger partial charge in [-0.15, -0.1) is 0 Å². The number of halogens is 1. The van der Waals surface area contributed by atoms with E-state index in [0.29, 0.717) is 11.6 Å². The van der Waals surface area contributed by atoms with Gasteiger partial charge < -0.3 is 19.9 Å². The first kappa shape index (κ1) is 20.8. The smallest absolute Gasteiger partial charge is 0.318 e. The predicted octanol–water partition coefficient (Wildman–Crippen LogP) is 3.63. The average molecular weight is 429 g/mol. The van der Waals surface area contributed by atoms with Crippen molar-refractivity contribution in [2.24, 2.45) is 0 Å². The second kappa shape index (κ2) is 9.58. The summed E-state index contributed by atoms with van der Waals surface area (Å²) in [6.45, 7) is 6.50. The third kappa shape index (κ3) is 4.82. The summed E-state index contributed by atoms with van der Waals surface area (Å²) in [5, 5.41) is 3.68. The molecule has 2 amide bonds. The van der Waals surface area contributed by atoms with Crippen LogP contribution >= 0.6 is 11.6 Å². The quantitative estimate of drug-likeness (QED) is 0.731. The first-order chi connectivity index (χ1) is 14.6. The molecule has 2 aliphatic rings. The van der Waals surface area contributed by atoms with Crippen molar-refractivity contribution in [3.05, 3.63) is 59.1 Å². The fraction of sp³-hybridized carbons (Fsp3) is 0.435. The third-order valence-electron chi connectivity index (χ3n) is 6.00.